The molecule has 0 saturated carbocycles. The number of H-pyrrole nitrogens is 1. The number of rotatable bonds is 6. The van der Waals surface area contributed by atoms with E-state index in [1.54, 1.807) is 12.3 Å². The maximum absolute atomic E-state index is 12.6. The fourth-order valence-corrected chi connectivity index (χ4v) is 3.93. The molecule has 0 unspecified atom stereocenters. The maximum Gasteiger partial charge on any atom is 0.289 e. The highest BCUT2D eigenvalue weighted by Crippen LogP contribution is 2.24. The van der Waals surface area contributed by atoms with Crippen molar-refractivity contribution in [1.82, 2.24) is 25.4 Å². The molecule has 0 aliphatic carbocycles. The Morgan fingerprint density at radius 3 is 2.23 bits per heavy atom. The van der Waals surface area contributed by atoms with Crippen LogP contribution in [0.15, 0.2) is 96.1 Å². The smallest absolute Gasteiger partial charge is 0.272 e. The van der Waals surface area contributed by atoms with Crippen LogP contribution in [0.25, 0.3) is 28.1 Å². The first-order valence-electron chi connectivity index (χ1n) is 11.3. The van der Waals surface area contributed by atoms with Crippen molar-refractivity contribution in [3.05, 3.63) is 114 Å². The molecule has 35 heavy (non-hydrogen) atoms. The van der Waals surface area contributed by atoms with E-state index in [1.807, 2.05) is 91.3 Å². The molecule has 0 radical (unpaired) electrons. The zero-order chi connectivity index (χ0) is 24.2. The molecule has 7 nitrogen and oxygen atoms in total. The van der Waals surface area contributed by atoms with E-state index < -0.39 is 0 Å². The van der Waals surface area contributed by atoms with E-state index in [0.29, 0.717) is 11.4 Å². The number of carbonyl (C=O) groups is 1. The SMILES string of the molecule is Cc1nn(-c2ccccc2)c(C)c1/C=N\NC(=O)c1cc(-c2ccc(-c3ccccc3)cc2)n[nH]1. The van der Waals surface area contributed by atoms with Gasteiger partial charge in [0.05, 0.1) is 29.0 Å². The van der Waals surface area contributed by atoms with Crippen LogP contribution in [0.4, 0.5) is 0 Å². The van der Waals surface area contributed by atoms with E-state index in [1.165, 1.54) is 0 Å². The molecule has 7 heteroatoms. The van der Waals surface area contributed by atoms with Crippen LogP contribution in [0.2, 0.25) is 0 Å². The number of nitrogens with one attached hydrogen (secondary N) is 2. The molecule has 0 atom stereocenters. The summed E-state index contributed by atoms with van der Waals surface area (Å²) >= 11 is 0. The number of hydrogen-bond acceptors (Lipinski definition) is 4. The van der Waals surface area contributed by atoms with Gasteiger partial charge in [-0.1, -0.05) is 72.8 Å². The predicted octanol–water partition coefficient (Wildman–Crippen LogP) is 5.31. The first-order chi connectivity index (χ1) is 17.1. The standard InChI is InChI=1S/C28H24N6O/c1-19-25(20(2)34(33-19)24-11-7-4-8-12-24)18-29-32-28(35)27-17-26(30-31-27)23-15-13-22(14-16-23)21-9-5-3-6-10-21/h3-18H,1-2H3,(H,30,31)(H,32,35)/b29-18-. The van der Waals surface area contributed by atoms with Gasteiger partial charge in [-0.25, -0.2) is 10.1 Å². The molecular weight excluding hydrogens is 436 g/mol. The molecule has 1 amide bonds. The molecule has 0 bridgehead atoms. The first kappa shape index (κ1) is 22.0. The summed E-state index contributed by atoms with van der Waals surface area (Å²) in [5, 5.41) is 15.8. The van der Waals surface area contributed by atoms with Crippen molar-refractivity contribution in [2.75, 3.05) is 0 Å². The molecule has 0 aliphatic rings. The van der Waals surface area contributed by atoms with Gasteiger partial charge in [0.25, 0.3) is 5.91 Å². The van der Waals surface area contributed by atoms with Crippen molar-refractivity contribution >= 4 is 12.1 Å². The molecule has 2 heterocycles. The number of hydrogen-bond donors (Lipinski definition) is 2. The summed E-state index contributed by atoms with van der Waals surface area (Å²) in [5.74, 6) is -0.369. The lowest BCUT2D eigenvalue weighted by Gasteiger charge is -2.03. The number of amides is 1. The van der Waals surface area contributed by atoms with Gasteiger partial charge in [0, 0.05) is 11.1 Å². The van der Waals surface area contributed by atoms with Crippen molar-refractivity contribution in [3.63, 3.8) is 0 Å². The first-order valence-corrected chi connectivity index (χ1v) is 11.3. The van der Waals surface area contributed by atoms with Crippen molar-refractivity contribution in [1.29, 1.82) is 0 Å². The Morgan fingerprint density at radius 1 is 0.886 bits per heavy atom. The third-order valence-electron chi connectivity index (χ3n) is 5.82. The lowest BCUT2D eigenvalue weighted by atomic mass is 10.0. The summed E-state index contributed by atoms with van der Waals surface area (Å²) in [4.78, 5) is 12.6. The summed E-state index contributed by atoms with van der Waals surface area (Å²) in [6.07, 6.45) is 1.62. The number of carbonyl (C=O) groups excluding carboxylic acids is 1. The van der Waals surface area contributed by atoms with Crippen molar-refractivity contribution in [2.24, 2.45) is 5.10 Å². The van der Waals surface area contributed by atoms with Crippen LogP contribution in [0.1, 0.15) is 27.4 Å². The third-order valence-corrected chi connectivity index (χ3v) is 5.82. The zero-order valence-corrected chi connectivity index (χ0v) is 19.4. The molecule has 172 valence electrons. The van der Waals surface area contributed by atoms with Gasteiger partial charge in [-0.2, -0.15) is 15.3 Å². The quantitative estimate of drug-likeness (QED) is 0.266. The van der Waals surface area contributed by atoms with Gasteiger partial charge in [0.2, 0.25) is 0 Å². The highest BCUT2D eigenvalue weighted by molar-refractivity contribution is 5.94. The summed E-state index contributed by atoms with van der Waals surface area (Å²) in [6.45, 7) is 3.89. The van der Waals surface area contributed by atoms with Crippen LogP contribution in [-0.2, 0) is 0 Å². The number of hydrazone groups is 1. The van der Waals surface area contributed by atoms with Gasteiger partial charge in [-0.05, 0) is 43.2 Å². The summed E-state index contributed by atoms with van der Waals surface area (Å²) in [6, 6.07) is 29.9. The van der Waals surface area contributed by atoms with Gasteiger partial charge in [-0.3, -0.25) is 9.89 Å². The zero-order valence-electron chi connectivity index (χ0n) is 19.4. The van der Waals surface area contributed by atoms with Crippen LogP contribution in [0.5, 0.6) is 0 Å². The predicted molar refractivity (Wildman–Crippen MR) is 138 cm³/mol. The van der Waals surface area contributed by atoms with E-state index in [4.69, 9.17) is 0 Å². The molecule has 0 aliphatic heterocycles. The average molecular weight is 461 g/mol. The van der Waals surface area contributed by atoms with Crippen LogP contribution < -0.4 is 5.43 Å². The minimum absolute atomic E-state index is 0.331. The lowest BCUT2D eigenvalue weighted by Crippen LogP contribution is -2.18. The maximum atomic E-state index is 12.6. The number of nitrogens with zero attached hydrogens (tertiary/aromatic N) is 4. The molecule has 5 rings (SSSR count). The summed E-state index contributed by atoms with van der Waals surface area (Å²) in [7, 11) is 0. The Hall–Kier alpha value is -4.78. The van der Waals surface area contributed by atoms with Crippen LogP contribution in [0.3, 0.4) is 0 Å². The second kappa shape index (κ2) is 9.61. The van der Waals surface area contributed by atoms with Crippen LogP contribution in [-0.4, -0.2) is 32.1 Å². The van der Waals surface area contributed by atoms with E-state index in [-0.39, 0.29) is 5.91 Å². The molecular formula is C28H24N6O. The van der Waals surface area contributed by atoms with E-state index in [9.17, 15) is 4.79 Å². The summed E-state index contributed by atoms with van der Waals surface area (Å²) in [5.41, 5.74) is 10.4. The normalized spacial score (nSPS) is 11.1. The Labute approximate surface area is 203 Å². The molecule has 5 aromatic rings. The van der Waals surface area contributed by atoms with Gasteiger partial charge >= 0.3 is 0 Å². The lowest BCUT2D eigenvalue weighted by molar-refractivity contribution is 0.0950. The topological polar surface area (TPSA) is 88.0 Å². The largest absolute Gasteiger partial charge is 0.289 e. The fraction of sp³-hybridized carbons (Fsp3) is 0.0714. The van der Waals surface area contributed by atoms with Gasteiger partial charge in [-0.15, -0.1) is 0 Å². The number of aromatic nitrogens is 4. The van der Waals surface area contributed by atoms with Gasteiger partial charge < -0.3 is 0 Å². The third kappa shape index (κ3) is 4.65. The van der Waals surface area contributed by atoms with Crippen molar-refractivity contribution in [3.8, 4) is 28.1 Å². The molecule has 0 fully saturated rings. The Balaban J connectivity index is 1.27. The Bertz CT molecular complexity index is 1480. The minimum atomic E-state index is -0.369. The number of para-hydroxylation sites is 1. The van der Waals surface area contributed by atoms with Gasteiger partial charge in [0.1, 0.15) is 5.69 Å². The highest BCUT2D eigenvalue weighted by atomic mass is 16.2. The monoisotopic (exact) mass is 460 g/mol. The number of benzene rings is 3. The van der Waals surface area contributed by atoms with Crippen LogP contribution in [0, 0.1) is 13.8 Å². The number of aromatic amines is 1. The van der Waals surface area contributed by atoms with E-state index in [2.05, 4.69) is 38.0 Å². The second-order valence-corrected chi connectivity index (χ2v) is 8.14. The molecule has 0 saturated heterocycles. The fourth-order valence-electron chi connectivity index (χ4n) is 3.93. The Morgan fingerprint density at radius 2 is 1.51 bits per heavy atom. The number of aryl methyl sites for hydroxylation is 1. The Kier molecular flexibility index (Phi) is 6.05. The average Bonchev–Trinajstić information content (AvgIpc) is 3.51. The molecule has 2 aromatic heterocycles. The van der Waals surface area contributed by atoms with E-state index >= 15 is 0 Å². The molecule has 2 N–H and O–H groups in total. The van der Waals surface area contributed by atoms with Gasteiger partial charge in [0.15, 0.2) is 0 Å². The summed E-state index contributed by atoms with van der Waals surface area (Å²) < 4.78 is 1.86. The minimum Gasteiger partial charge on any atom is -0.272 e. The molecule has 3 aromatic carbocycles. The van der Waals surface area contributed by atoms with Crippen LogP contribution >= 0.6 is 0 Å². The van der Waals surface area contributed by atoms with E-state index in [0.717, 1.165) is 39.3 Å². The highest BCUT2D eigenvalue weighted by Gasteiger charge is 2.13. The second-order valence-electron chi connectivity index (χ2n) is 8.14. The van der Waals surface area contributed by atoms with Crippen molar-refractivity contribution < 1.29 is 4.79 Å². The van der Waals surface area contributed by atoms with Crippen molar-refractivity contribution in [2.45, 2.75) is 13.8 Å². The molecule has 0 spiro atoms.